The van der Waals surface area contributed by atoms with E-state index in [0.29, 0.717) is 0 Å². The molecule has 2 radical (unpaired) electrons. The van der Waals surface area contributed by atoms with E-state index >= 15 is 0 Å². The maximum atomic E-state index is 11.4. The summed E-state index contributed by atoms with van der Waals surface area (Å²) in [6.45, 7) is 0. The van der Waals surface area contributed by atoms with Gasteiger partial charge in [-0.15, -0.1) is 0 Å². The summed E-state index contributed by atoms with van der Waals surface area (Å²) in [7, 11) is 5.99. The topological polar surface area (TPSA) is 111 Å². The molecule has 8 nitrogen and oxygen atoms in total. The number of methoxy groups -OCH3 is 1. The number of aromatic nitrogens is 1. The molecule has 0 bridgehead atoms. The summed E-state index contributed by atoms with van der Waals surface area (Å²) in [5.74, 6) is -1.88. The zero-order valence-electron chi connectivity index (χ0n) is 9.82. The van der Waals surface area contributed by atoms with Crippen molar-refractivity contribution >= 4 is 31.4 Å². The summed E-state index contributed by atoms with van der Waals surface area (Å²) in [6, 6.07) is 1.31. The van der Waals surface area contributed by atoms with Crippen LogP contribution in [-0.4, -0.2) is 36.6 Å². The van der Waals surface area contributed by atoms with E-state index in [4.69, 9.17) is 7.85 Å². The smallest absolute Gasteiger partial charge is 0.354 e. The molecule has 0 saturated heterocycles. The van der Waals surface area contributed by atoms with Crippen LogP contribution in [0.2, 0.25) is 0 Å². The number of esters is 1. The molecule has 1 N–H and O–H groups in total. The van der Waals surface area contributed by atoms with Gasteiger partial charge < -0.3 is 10.1 Å². The summed E-state index contributed by atoms with van der Waals surface area (Å²) in [5, 5.41) is 12.8. The number of nitrogens with zero attached hydrogens (tertiary/aromatic N) is 2. The summed E-state index contributed by atoms with van der Waals surface area (Å²) in [5.41, 5.74) is -0.561. The van der Waals surface area contributed by atoms with E-state index in [1.54, 1.807) is 0 Å². The Morgan fingerprint density at radius 2 is 2.26 bits per heavy atom. The lowest BCUT2D eigenvalue weighted by Crippen LogP contribution is -2.26. The molecular formula is C10H8BN3O5. The number of hydrogen-bond acceptors (Lipinski definition) is 6. The Morgan fingerprint density at radius 3 is 2.79 bits per heavy atom. The van der Waals surface area contributed by atoms with Gasteiger partial charge in [0, 0.05) is 6.20 Å². The van der Waals surface area contributed by atoms with Crippen molar-refractivity contribution in [2.75, 3.05) is 7.11 Å². The molecular weight excluding hydrogens is 253 g/mol. The Bertz CT molecular complexity index is 558. The predicted molar refractivity (Wildman–Crippen MR) is 65.2 cm³/mol. The van der Waals surface area contributed by atoms with Gasteiger partial charge in [0.2, 0.25) is 7.85 Å². The maximum absolute atomic E-state index is 11.4. The van der Waals surface area contributed by atoms with Gasteiger partial charge in [-0.2, -0.15) is 0 Å². The van der Waals surface area contributed by atoms with Crippen LogP contribution in [0.4, 0.5) is 10.5 Å². The lowest BCUT2D eigenvalue weighted by Gasteiger charge is -2.06. The number of carbonyl (C=O) groups is 2. The van der Waals surface area contributed by atoms with Gasteiger partial charge in [0.15, 0.2) is 5.81 Å². The van der Waals surface area contributed by atoms with Crippen molar-refractivity contribution in [3.63, 3.8) is 0 Å². The summed E-state index contributed by atoms with van der Waals surface area (Å²) >= 11 is 0. The van der Waals surface area contributed by atoms with E-state index in [1.165, 1.54) is 12.3 Å². The van der Waals surface area contributed by atoms with Crippen LogP contribution in [0.3, 0.4) is 0 Å². The molecule has 19 heavy (non-hydrogen) atoms. The van der Waals surface area contributed by atoms with Crippen molar-refractivity contribution in [1.29, 1.82) is 0 Å². The number of hydrogen-bond donors (Lipinski definition) is 1. The Hall–Kier alpha value is -2.71. The van der Waals surface area contributed by atoms with Crippen molar-refractivity contribution in [3.8, 4) is 0 Å². The van der Waals surface area contributed by atoms with Crippen molar-refractivity contribution in [2.24, 2.45) is 0 Å². The Labute approximate surface area is 109 Å². The number of pyridine rings is 1. The number of rotatable bonds is 4. The van der Waals surface area contributed by atoms with Crippen LogP contribution < -0.4 is 5.32 Å². The van der Waals surface area contributed by atoms with Crippen molar-refractivity contribution in [3.05, 3.63) is 39.8 Å². The van der Waals surface area contributed by atoms with Gasteiger partial charge in [0.25, 0.3) is 5.69 Å². The van der Waals surface area contributed by atoms with Crippen molar-refractivity contribution in [2.45, 2.75) is 0 Å². The lowest BCUT2D eigenvalue weighted by atomic mass is 10.1. The fourth-order valence-electron chi connectivity index (χ4n) is 1.22. The Balaban J connectivity index is 3.25. The van der Waals surface area contributed by atoms with E-state index in [9.17, 15) is 19.7 Å². The first-order valence-electron chi connectivity index (χ1n) is 4.90. The molecule has 0 aliphatic rings. The largest absolute Gasteiger partial charge is 0.464 e. The molecule has 96 valence electrons. The molecule has 1 aromatic heterocycles. The highest BCUT2D eigenvalue weighted by Gasteiger charge is 2.16. The van der Waals surface area contributed by atoms with Crippen LogP contribution in [0.5, 0.6) is 0 Å². The van der Waals surface area contributed by atoms with Gasteiger partial charge in [0.05, 0.1) is 17.6 Å². The van der Waals surface area contributed by atoms with E-state index in [1.807, 2.05) is 5.32 Å². The first-order valence-corrected chi connectivity index (χ1v) is 4.90. The molecule has 0 saturated carbocycles. The maximum Gasteiger partial charge on any atom is 0.354 e. The fraction of sp³-hybridized carbons (Fsp3) is 0.100. The summed E-state index contributed by atoms with van der Waals surface area (Å²) in [4.78, 5) is 35.8. The zero-order chi connectivity index (χ0) is 14.4. The van der Waals surface area contributed by atoms with Gasteiger partial charge in [-0.3, -0.25) is 19.9 Å². The molecule has 0 unspecified atom stereocenters. The van der Waals surface area contributed by atoms with Crippen LogP contribution in [0, 0.1) is 10.1 Å². The third-order valence-electron chi connectivity index (χ3n) is 1.99. The van der Waals surface area contributed by atoms with Crippen molar-refractivity contribution < 1.29 is 19.2 Å². The summed E-state index contributed by atoms with van der Waals surface area (Å²) < 4.78 is 4.42. The molecule has 0 fully saturated rings. The third kappa shape index (κ3) is 3.91. The van der Waals surface area contributed by atoms with Gasteiger partial charge in [0.1, 0.15) is 11.9 Å². The molecule has 9 heteroatoms. The van der Waals surface area contributed by atoms with E-state index in [0.717, 1.165) is 19.4 Å². The number of amides is 1. The molecule has 0 aliphatic carbocycles. The number of nitrogens with one attached hydrogen (secondary N) is 1. The summed E-state index contributed by atoms with van der Waals surface area (Å²) in [6.07, 6.45) is 3.40. The van der Waals surface area contributed by atoms with Crippen LogP contribution in [0.25, 0.3) is 6.08 Å². The Kier molecular flexibility index (Phi) is 4.75. The Morgan fingerprint density at radius 1 is 1.58 bits per heavy atom. The molecule has 1 rings (SSSR count). The quantitative estimate of drug-likeness (QED) is 0.275. The van der Waals surface area contributed by atoms with Crippen LogP contribution in [-0.2, 0) is 9.53 Å². The zero-order valence-corrected chi connectivity index (χ0v) is 9.82. The van der Waals surface area contributed by atoms with E-state index in [-0.39, 0.29) is 16.9 Å². The third-order valence-corrected chi connectivity index (χ3v) is 1.99. The number of nitro groups is 1. The lowest BCUT2D eigenvalue weighted by molar-refractivity contribution is -0.385. The molecule has 0 atom stereocenters. The highest BCUT2D eigenvalue weighted by molar-refractivity contribution is 6.57. The van der Waals surface area contributed by atoms with Gasteiger partial charge in [-0.1, -0.05) is 0 Å². The van der Waals surface area contributed by atoms with Gasteiger partial charge in [-0.25, -0.2) is 4.79 Å². The molecule has 1 heterocycles. The first kappa shape index (κ1) is 14.4. The molecule has 0 spiro atoms. The van der Waals surface area contributed by atoms with Crippen LogP contribution >= 0.6 is 0 Å². The minimum Gasteiger partial charge on any atom is -0.464 e. The standard InChI is InChI=1S/C10H8BN3O5/c1-19-9(15)7(13-10(11)16)4-6-2-3-12-5-8(6)14(17)18/h2-5H,1H3,(H,13,16)/b7-4-. The fourth-order valence-corrected chi connectivity index (χ4v) is 1.22. The molecule has 1 aromatic rings. The minimum absolute atomic E-state index is 0.0779. The van der Waals surface area contributed by atoms with Crippen LogP contribution in [0.1, 0.15) is 5.56 Å². The first-order chi connectivity index (χ1) is 8.95. The van der Waals surface area contributed by atoms with Gasteiger partial charge >= 0.3 is 5.97 Å². The highest BCUT2D eigenvalue weighted by atomic mass is 16.6. The minimum atomic E-state index is -0.992. The second-order valence-electron chi connectivity index (χ2n) is 3.23. The van der Waals surface area contributed by atoms with E-state index in [2.05, 4.69) is 9.72 Å². The number of ether oxygens (including phenoxy) is 1. The molecule has 0 aromatic carbocycles. The predicted octanol–water partition coefficient (Wildman–Crippen LogP) is 0.382. The average Bonchev–Trinajstić information content (AvgIpc) is 2.36. The molecule has 0 aliphatic heterocycles. The second-order valence-corrected chi connectivity index (χ2v) is 3.23. The average molecular weight is 261 g/mol. The van der Waals surface area contributed by atoms with Gasteiger partial charge in [-0.05, 0) is 12.1 Å². The van der Waals surface area contributed by atoms with Crippen molar-refractivity contribution in [1.82, 2.24) is 10.3 Å². The van der Waals surface area contributed by atoms with Crippen LogP contribution in [0.15, 0.2) is 24.2 Å². The monoisotopic (exact) mass is 261 g/mol. The molecule has 1 amide bonds. The highest BCUT2D eigenvalue weighted by Crippen LogP contribution is 2.19. The normalized spacial score (nSPS) is 10.7. The number of carbonyl (C=O) groups excluding carboxylic acids is 2. The SMILES string of the molecule is [B]C(=O)N/C(=C\c1ccncc1[N+](=O)[O-])C(=O)OC. The second kappa shape index (κ2) is 6.29. The van der Waals surface area contributed by atoms with E-state index < -0.39 is 16.7 Å².